The summed E-state index contributed by atoms with van der Waals surface area (Å²) >= 11 is 0. The predicted octanol–water partition coefficient (Wildman–Crippen LogP) is 5.57. The van der Waals surface area contributed by atoms with Crippen LogP contribution in [0, 0.1) is 6.92 Å². The van der Waals surface area contributed by atoms with Gasteiger partial charge >= 0.3 is 12.4 Å². The molecular formula is C18H16F6N4O2. The van der Waals surface area contributed by atoms with E-state index in [0.717, 1.165) is 21.5 Å². The van der Waals surface area contributed by atoms with Crippen molar-refractivity contribution in [3.8, 4) is 23.3 Å². The molecule has 0 atom stereocenters. The van der Waals surface area contributed by atoms with Gasteiger partial charge in [-0.1, -0.05) is 0 Å². The number of aromatic nitrogens is 4. The highest BCUT2D eigenvalue weighted by Gasteiger charge is 2.36. The Morgan fingerprint density at radius 1 is 0.867 bits per heavy atom. The molecule has 12 heteroatoms. The number of benzene rings is 1. The number of hydrogen-bond acceptors (Lipinski definition) is 4. The van der Waals surface area contributed by atoms with Gasteiger partial charge in [0.15, 0.2) is 5.69 Å². The molecule has 6 nitrogen and oxygen atoms in total. The van der Waals surface area contributed by atoms with Gasteiger partial charge < -0.3 is 9.47 Å². The predicted molar refractivity (Wildman–Crippen MR) is 92.4 cm³/mol. The van der Waals surface area contributed by atoms with Crippen LogP contribution < -0.4 is 9.47 Å². The molecule has 0 spiro atoms. The maximum atomic E-state index is 13.1. The van der Waals surface area contributed by atoms with Crippen LogP contribution in [-0.4, -0.2) is 19.6 Å². The van der Waals surface area contributed by atoms with Crippen molar-refractivity contribution in [3.63, 3.8) is 0 Å². The highest BCUT2D eigenvalue weighted by molar-refractivity contribution is 5.41. The summed E-state index contributed by atoms with van der Waals surface area (Å²) in [4.78, 5) is 0. The lowest BCUT2D eigenvalue weighted by Crippen LogP contribution is -2.13. The van der Waals surface area contributed by atoms with E-state index in [1.165, 1.54) is 32.2 Å². The largest absolute Gasteiger partial charge is 0.439 e. The van der Waals surface area contributed by atoms with Gasteiger partial charge in [-0.15, -0.1) is 5.10 Å². The Hall–Kier alpha value is -3.18. The molecule has 0 aliphatic heterocycles. The van der Waals surface area contributed by atoms with Crippen molar-refractivity contribution in [1.29, 1.82) is 0 Å². The summed E-state index contributed by atoms with van der Waals surface area (Å²) < 4.78 is 90.1. The molecule has 3 aromatic rings. The van der Waals surface area contributed by atoms with E-state index < -0.39 is 23.7 Å². The third-order valence-corrected chi connectivity index (χ3v) is 3.94. The zero-order valence-corrected chi connectivity index (χ0v) is 16.0. The Morgan fingerprint density at radius 2 is 1.50 bits per heavy atom. The highest BCUT2D eigenvalue weighted by atomic mass is 19.4. The molecule has 0 radical (unpaired) electrons. The summed E-state index contributed by atoms with van der Waals surface area (Å²) in [5.74, 6) is -0.223. The summed E-state index contributed by atoms with van der Waals surface area (Å²) in [6.07, 6.45) is -9.23. The van der Waals surface area contributed by atoms with Crippen LogP contribution in [-0.2, 0) is 25.9 Å². The average molecular weight is 434 g/mol. The fraction of sp³-hybridized carbons (Fsp3) is 0.333. The lowest BCUT2D eigenvalue weighted by atomic mass is 10.2. The minimum absolute atomic E-state index is 0.0115. The topological polar surface area (TPSA) is 54.1 Å². The second-order valence-electron chi connectivity index (χ2n) is 6.36. The van der Waals surface area contributed by atoms with Crippen molar-refractivity contribution in [1.82, 2.24) is 19.6 Å². The van der Waals surface area contributed by atoms with Gasteiger partial charge in [0.2, 0.25) is 11.8 Å². The molecule has 0 saturated carbocycles. The van der Waals surface area contributed by atoms with E-state index in [1.807, 2.05) is 0 Å². The molecule has 3 rings (SSSR count). The normalized spacial score (nSPS) is 12.3. The monoisotopic (exact) mass is 434 g/mol. The number of halogens is 6. The smallest absolute Gasteiger partial charge is 0.435 e. The summed E-state index contributed by atoms with van der Waals surface area (Å²) in [6.45, 7) is 3.16. The molecule has 0 aliphatic rings. The minimum atomic E-state index is -4.63. The summed E-state index contributed by atoms with van der Waals surface area (Å²) in [5.41, 5.74) is -1.47. The van der Waals surface area contributed by atoms with E-state index in [0.29, 0.717) is 5.56 Å². The SMILES string of the molecule is CCn1nc(Oc2cc(C)cc(Oc3cc(C(F)(F)F)nn3C)c2)cc1C(F)(F)F. The van der Waals surface area contributed by atoms with Gasteiger partial charge in [-0.25, -0.2) is 4.68 Å². The lowest BCUT2D eigenvalue weighted by Gasteiger charge is -2.09. The Bertz CT molecular complexity index is 1050. The Labute approximate surface area is 166 Å². The third-order valence-electron chi connectivity index (χ3n) is 3.94. The number of aryl methyl sites for hydroxylation is 3. The molecule has 2 heterocycles. The van der Waals surface area contributed by atoms with Gasteiger partial charge in [-0.3, -0.25) is 4.68 Å². The van der Waals surface area contributed by atoms with Gasteiger partial charge in [-0.2, -0.15) is 31.4 Å². The standard InChI is InChI=1S/C18H16F6N4O2/c1-4-28-14(18(22,23)24)9-15(26-28)29-11-5-10(2)6-12(7-11)30-16-8-13(17(19,20)21)25-27(16)3/h5-9H,4H2,1-3H3. The number of ether oxygens (including phenoxy) is 2. The number of hydrogen-bond donors (Lipinski definition) is 0. The van der Waals surface area contributed by atoms with Crippen LogP contribution in [0.25, 0.3) is 0 Å². The molecule has 162 valence electrons. The summed E-state index contributed by atoms with van der Waals surface area (Å²) in [7, 11) is 1.29. The van der Waals surface area contributed by atoms with E-state index >= 15 is 0 Å². The Morgan fingerprint density at radius 3 is 2.00 bits per heavy atom. The molecule has 0 fully saturated rings. The van der Waals surface area contributed by atoms with E-state index in [2.05, 4.69) is 10.2 Å². The van der Waals surface area contributed by atoms with Crippen LogP contribution in [0.5, 0.6) is 23.3 Å². The van der Waals surface area contributed by atoms with Crippen LogP contribution in [0.2, 0.25) is 0 Å². The second-order valence-corrected chi connectivity index (χ2v) is 6.36. The van der Waals surface area contributed by atoms with Crippen molar-refractivity contribution in [2.45, 2.75) is 32.7 Å². The van der Waals surface area contributed by atoms with E-state index in [-0.39, 0.29) is 29.8 Å². The third kappa shape index (κ3) is 4.69. The first-order valence-corrected chi connectivity index (χ1v) is 8.60. The summed E-state index contributed by atoms with van der Waals surface area (Å²) in [6, 6.07) is 5.88. The van der Waals surface area contributed by atoms with Crippen molar-refractivity contribution in [2.24, 2.45) is 7.05 Å². The average Bonchev–Trinajstić information content (AvgIpc) is 3.18. The van der Waals surface area contributed by atoms with Crippen molar-refractivity contribution >= 4 is 0 Å². The lowest BCUT2D eigenvalue weighted by molar-refractivity contribution is -0.144. The zero-order valence-electron chi connectivity index (χ0n) is 16.0. The van der Waals surface area contributed by atoms with Crippen LogP contribution >= 0.6 is 0 Å². The molecule has 0 aliphatic carbocycles. The fourth-order valence-electron chi connectivity index (χ4n) is 2.67. The molecular weight excluding hydrogens is 418 g/mol. The van der Waals surface area contributed by atoms with Crippen LogP contribution in [0.3, 0.4) is 0 Å². The molecule has 30 heavy (non-hydrogen) atoms. The maximum absolute atomic E-state index is 13.1. The number of rotatable bonds is 5. The first kappa shape index (κ1) is 21.5. The van der Waals surface area contributed by atoms with E-state index in [4.69, 9.17) is 9.47 Å². The molecule has 0 N–H and O–H groups in total. The minimum Gasteiger partial charge on any atom is -0.439 e. The first-order valence-electron chi connectivity index (χ1n) is 8.60. The van der Waals surface area contributed by atoms with Crippen molar-refractivity contribution in [2.75, 3.05) is 0 Å². The van der Waals surface area contributed by atoms with Crippen molar-refractivity contribution < 1.29 is 35.8 Å². The van der Waals surface area contributed by atoms with Crippen LogP contribution in [0.4, 0.5) is 26.3 Å². The van der Waals surface area contributed by atoms with Crippen LogP contribution in [0.15, 0.2) is 30.3 Å². The molecule has 2 aromatic heterocycles. The van der Waals surface area contributed by atoms with Gasteiger partial charge in [-0.05, 0) is 31.5 Å². The van der Waals surface area contributed by atoms with Gasteiger partial charge in [0.05, 0.1) is 0 Å². The molecule has 0 saturated heterocycles. The Kier molecular flexibility index (Phi) is 5.44. The molecule has 1 aromatic carbocycles. The summed E-state index contributed by atoms with van der Waals surface area (Å²) in [5, 5.41) is 7.12. The van der Waals surface area contributed by atoms with E-state index in [1.54, 1.807) is 6.92 Å². The number of nitrogens with zero attached hydrogens (tertiary/aromatic N) is 4. The molecule has 0 unspecified atom stereocenters. The maximum Gasteiger partial charge on any atom is 0.435 e. The van der Waals surface area contributed by atoms with Gasteiger partial charge in [0.25, 0.3) is 0 Å². The number of alkyl halides is 6. The second kappa shape index (κ2) is 7.58. The molecule has 0 bridgehead atoms. The highest BCUT2D eigenvalue weighted by Crippen LogP contribution is 2.35. The zero-order chi connectivity index (χ0) is 22.3. The van der Waals surface area contributed by atoms with Crippen LogP contribution in [0.1, 0.15) is 23.9 Å². The first-order chi connectivity index (χ1) is 13.9. The Balaban J connectivity index is 1.86. The van der Waals surface area contributed by atoms with Gasteiger partial charge in [0.1, 0.15) is 17.2 Å². The van der Waals surface area contributed by atoms with Crippen molar-refractivity contribution in [3.05, 3.63) is 47.3 Å². The van der Waals surface area contributed by atoms with Gasteiger partial charge in [0, 0.05) is 31.8 Å². The quantitative estimate of drug-likeness (QED) is 0.493. The molecule has 0 amide bonds. The fourth-order valence-corrected chi connectivity index (χ4v) is 2.67. The van der Waals surface area contributed by atoms with E-state index in [9.17, 15) is 26.3 Å².